The van der Waals surface area contributed by atoms with Gasteiger partial charge in [-0.05, 0) is 43.7 Å². The molecule has 1 aromatic carbocycles. The maximum Gasteiger partial charge on any atom is 0.123 e. The van der Waals surface area contributed by atoms with Crippen LogP contribution in [0.4, 0.5) is 4.39 Å². The van der Waals surface area contributed by atoms with Crippen LogP contribution in [0.15, 0.2) is 24.4 Å². The Labute approximate surface area is 113 Å². The molecule has 0 atom stereocenters. The molecule has 0 unspecified atom stereocenters. The molecule has 3 nitrogen and oxygen atoms in total. The van der Waals surface area contributed by atoms with Gasteiger partial charge in [-0.3, -0.25) is 4.68 Å². The zero-order chi connectivity index (χ0) is 13.8. The van der Waals surface area contributed by atoms with E-state index in [0.717, 1.165) is 29.9 Å². The van der Waals surface area contributed by atoms with E-state index in [1.165, 1.54) is 11.6 Å². The number of benzene rings is 1. The fraction of sp³-hybridized carbons (Fsp3) is 0.400. The summed E-state index contributed by atoms with van der Waals surface area (Å²) >= 11 is 0. The third-order valence-electron chi connectivity index (χ3n) is 3.40. The highest BCUT2D eigenvalue weighted by molar-refractivity contribution is 5.27. The second-order valence-corrected chi connectivity index (χ2v) is 4.76. The van der Waals surface area contributed by atoms with E-state index in [4.69, 9.17) is 0 Å². The van der Waals surface area contributed by atoms with Gasteiger partial charge in [0, 0.05) is 17.8 Å². The number of nitrogens with zero attached hydrogens (tertiary/aromatic N) is 2. The lowest BCUT2D eigenvalue weighted by molar-refractivity contribution is 0.620. The summed E-state index contributed by atoms with van der Waals surface area (Å²) in [6.07, 6.45) is 1.90. The third-order valence-corrected chi connectivity index (χ3v) is 3.40. The van der Waals surface area contributed by atoms with Crippen molar-refractivity contribution in [3.63, 3.8) is 0 Å². The third kappa shape index (κ3) is 3.20. The van der Waals surface area contributed by atoms with Crippen molar-refractivity contribution in [2.24, 2.45) is 0 Å². The summed E-state index contributed by atoms with van der Waals surface area (Å²) < 4.78 is 15.0. The summed E-state index contributed by atoms with van der Waals surface area (Å²) in [7, 11) is 0. The number of halogens is 1. The Balaban J connectivity index is 2.17. The number of aryl methyl sites for hydroxylation is 1. The molecule has 0 bridgehead atoms. The predicted molar refractivity (Wildman–Crippen MR) is 74.6 cm³/mol. The van der Waals surface area contributed by atoms with Crippen LogP contribution >= 0.6 is 0 Å². The summed E-state index contributed by atoms with van der Waals surface area (Å²) in [4.78, 5) is 0. The van der Waals surface area contributed by atoms with Crippen LogP contribution in [0, 0.1) is 19.7 Å². The van der Waals surface area contributed by atoms with Crippen molar-refractivity contribution in [2.45, 2.75) is 33.9 Å². The first-order chi connectivity index (χ1) is 9.11. The molecule has 0 saturated heterocycles. The number of aromatic nitrogens is 2. The molecule has 2 rings (SSSR count). The number of nitrogens with one attached hydrogen (secondary N) is 1. The van der Waals surface area contributed by atoms with Crippen molar-refractivity contribution < 1.29 is 4.39 Å². The maximum atomic E-state index is 13.1. The zero-order valence-electron chi connectivity index (χ0n) is 11.7. The molecular formula is C15H20FN3. The van der Waals surface area contributed by atoms with E-state index in [0.29, 0.717) is 6.54 Å². The summed E-state index contributed by atoms with van der Waals surface area (Å²) in [6, 6.07) is 4.89. The molecule has 0 saturated carbocycles. The molecule has 1 aromatic heterocycles. The average molecular weight is 261 g/mol. The molecule has 1 heterocycles. The molecule has 2 aromatic rings. The molecule has 4 heteroatoms. The standard InChI is InChI=1S/C15H20FN3/c1-4-17-8-14-9-18-19(12(14)3)10-13-5-6-15(16)7-11(13)2/h5-7,9,17H,4,8,10H2,1-3H3. The highest BCUT2D eigenvalue weighted by atomic mass is 19.1. The monoisotopic (exact) mass is 261 g/mol. The summed E-state index contributed by atoms with van der Waals surface area (Å²) in [6.45, 7) is 8.55. The fourth-order valence-corrected chi connectivity index (χ4v) is 2.08. The van der Waals surface area contributed by atoms with Crippen LogP contribution in [-0.2, 0) is 13.1 Å². The van der Waals surface area contributed by atoms with E-state index >= 15 is 0 Å². The van der Waals surface area contributed by atoms with Gasteiger partial charge in [-0.25, -0.2) is 4.39 Å². The van der Waals surface area contributed by atoms with Gasteiger partial charge in [-0.1, -0.05) is 13.0 Å². The predicted octanol–water partition coefficient (Wildman–Crippen LogP) is 2.80. The molecule has 0 aliphatic heterocycles. The van der Waals surface area contributed by atoms with E-state index in [1.54, 1.807) is 6.07 Å². The van der Waals surface area contributed by atoms with Crippen molar-refractivity contribution >= 4 is 0 Å². The minimum atomic E-state index is -0.189. The number of hydrogen-bond acceptors (Lipinski definition) is 2. The highest BCUT2D eigenvalue weighted by Gasteiger charge is 2.08. The SMILES string of the molecule is CCNCc1cnn(Cc2ccc(F)cc2C)c1C. The van der Waals surface area contributed by atoms with Crippen LogP contribution in [0.5, 0.6) is 0 Å². The van der Waals surface area contributed by atoms with Crippen molar-refractivity contribution in [1.29, 1.82) is 0 Å². The molecule has 0 amide bonds. The Morgan fingerprint density at radius 1 is 1.26 bits per heavy atom. The van der Waals surface area contributed by atoms with Crippen LogP contribution in [0.3, 0.4) is 0 Å². The van der Waals surface area contributed by atoms with E-state index in [1.807, 2.05) is 23.9 Å². The van der Waals surface area contributed by atoms with Crippen LogP contribution in [-0.4, -0.2) is 16.3 Å². The van der Waals surface area contributed by atoms with Crippen molar-refractivity contribution in [3.05, 3.63) is 52.6 Å². The van der Waals surface area contributed by atoms with Gasteiger partial charge in [0.05, 0.1) is 12.7 Å². The Hall–Kier alpha value is -1.68. The second kappa shape index (κ2) is 5.97. The number of rotatable bonds is 5. The first-order valence-corrected chi connectivity index (χ1v) is 6.59. The molecular weight excluding hydrogens is 241 g/mol. The Kier molecular flexibility index (Phi) is 4.32. The van der Waals surface area contributed by atoms with E-state index in [-0.39, 0.29) is 5.82 Å². The smallest absolute Gasteiger partial charge is 0.123 e. The van der Waals surface area contributed by atoms with Crippen LogP contribution in [0.2, 0.25) is 0 Å². The number of hydrogen-bond donors (Lipinski definition) is 1. The lowest BCUT2D eigenvalue weighted by Gasteiger charge is -2.09. The lowest BCUT2D eigenvalue weighted by Crippen LogP contribution is -2.13. The first-order valence-electron chi connectivity index (χ1n) is 6.59. The van der Waals surface area contributed by atoms with Gasteiger partial charge in [-0.15, -0.1) is 0 Å². The van der Waals surface area contributed by atoms with Gasteiger partial charge in [-0.2, -0.15) is 5.10 Å². The van der Waals surface area contributed by atoms with Crippen molar-refractivity contribution in [1.82, 2.24) is 15.1 Å². The fourth-order valence-electron chi connectivity index (χ4n) is 2.08. The van der Waals surface area contributed by atoms with E-state index in [2.05, 4.69) is 24.3 Å². The van der Waals surface area contributed by atoms with Crippen molar-refractivity contribution in [2.75, 3.05) is 6.54 Å². The van der Waals surface area contributed by atoms with Gasteiger partial charge in [0.15, 0.2) is 0 Å². The topological polar surface area (TPSA) is 29.9 Å². The molecule has 102 valence electrons. The van der Waals surface area contributed by atoms with E-state index < -0.39 is 0 Å². The van der Waals surface area contributed by atoms with Crippen LogP contribution in [0.1, 0.15) is 29.3 Å². The second-order valence-electron chi connectivity index (χ2n) is 4.76. The largest absolute Gasteiger partial charge is 0.313 e. The maximum absolute atomic E-state index is 13.1. The summed E-state index contributed by atoms with van der Waals surface area (Å²) in [5.74, 6) is -0.189. The minimum Gasteiger partial charge on any atom is -0.313 e. The summed E-state index contributed by atoms with van der Waals surface area (Å²) in [5.41, 5.74) is 4.43. The van der Waals surface area contributed by atoms with Gasteiger partial charge >= 0.3 is 0 Å². The van der Waals surface area contributed by atoms with E-state index in [9.17, 15) is 4.39 Å². The molecule has 0 fully saturated rings. The quantitative estimate of drug-likeness (QED) is 0.897. The van der Waals surface area contributed by atoms with Gasteiger partial charge in [0.2, 0.25) is 0 Å². The Morgan fingerprint density at radius 2 is 2.05 bits per heavy atom. The molecule has 0 aliphatic rings. The average Bonchev–Trinajstić information content (AvgIpc) is 2.72. The Morgan fingerprint density at radius 3 is 2.74 bits per heavy atom. The zero-order valence-corrected chi connectivity index (χ0v) is 11.7. The molecule has 0 radical (unpaired) electrons. The lowest BCUT2D eigenvalue weighted by atomic mass is 10.1. The molecule has 0 aliphatic carbocycles. The van der Waals surface area contributed by atoms with Gasteiger partial charge in [0.1, 0.15) is 5.82 Å². The van der Waals surface area contributed by atoms with Gasteiger partial charge < -0.3 is 5.32 Å². The molecule has 19 heavy (non-hydrogen) atoms. The molecule has 0 spiro atoms. The van der Waals surface area contributed by atoms with Crippen LogP contribution in [0.25, 0.3) is 0 Å². The highest BCUT2D eigenvalue weighted by Crippen LogP contribution is 2.14. The normalized spacial score (nSPS) is 10.9. The van der Waals surface area contributed by atoms with Crippen molar-refractivity contribution in [3.8, 4) is 0 Å². The first kappa shape index (κ1) is 13.7. The Bertz CT molecular complexity index is 561. The molecule has 1 N–H and O–H groups in total. The minimum absolute atomic E-state index is 0.189. The van der Waals surface area contributed by atoms with Gasteiger partial charge in [0.25, 0.3) is 0 Å². The summed E-state index contributed by atoms with van der Waals surface area (Å²) in [5, 5.41) is 7.71. The van der Waals surface area contributed by atoms with Crippen LogP contribution < -0.4 is 5.32 Å².